The summed E-state index contributed by atoms with van der Waals surface area (Å²) >= 11 is 0. The molecule has 0 atom stereocenters. The second-order valence-electron chi connectivity index (χ2n) is 3.15. The minimum atomic E-state index is 0.0894. The molecule has 0 saturated heterocycles. The fraction of sp³-hybridized carbons (Fsp3) is 0.700. The van der Waals surface area contributed by atoms with Crippen molar-refractivity contribution in [3.63, 3.8) is 0 Å². The van der Waals surface area contributed by atoms with Crippen LogP contribution in [-0.2, 0) is 0 Å². The highest BCUT2D eigenvalue weighted by Gasteiger charge is 2.10. The van der Waals surface area contributed by atoms with E-state index >= 15 is 0 Å². The van der Waals surface area contributed by atoms with Crippen molar-refractivity contribution in [2.24, 2.45) is 0 Å². The smallest absolute Gasteiger partial charge is 0.319 e. The quantitative estimate of drug-likeness (QED) is 0.473. The van der Waals surface area contributed by atoms with E-state index in [0.29, 0.717) is 0 Å². The normalized spacial score (nSPS) is 9.46. The maximum atomic E-state index is 11.5. The Kier molecular flexibility index (Phi) is 6.02. The highest BCUT2D eigenvalue weighted by atomic mass is 16.2. The summed E-state index contributed by atoms with van der Waals surface area (Å²) in [5, 5.41) is 0. The number of unbranched alkanes of at least 4 members (excludes halogenated alkanes) is 1. The molecule has 0 N–H and O–H groups in total. The van der Waals surface area contributed by atoms with E-state index in [-0.39, 0.29) is 6.03 Å². The van der Waals surface area contributed by atoms with Gasteiger partial charge in [0.05, 0.1) is 0 Å². The number of hydrogen-bond acceptors (Lipinski definition) is 1. The first kappa shape index (κ1) is 12.0. The molecule has 0 aromatic rings. The molecule has 2 amide bonds. The van der Waals surface area contributed by atoms with Gasteiger partial charge in [0.1, 0.15) is 0 Å². The standard InChI is InChI=1S/C10H20N2O/c1-5-7-8-9-12(4)10(13)11(3)6-2/h5H,1,6-9H2,2-4H3. The van der Waals surface area contributed by atoms with Crippen LogP contribution >= 0.6 is 0 Å². The summed E-state index contributed by atoms with van der Waals surface area (Å²) in [5.41, 5.74) is 0. The zero-order chi connectivity index (χ0) is 10.3. The van der Waals surface area contributed by atoms with Crippen molar-refractivity contribution in [1.29, 1.82) is 0 Å². The number of rotatable bonds is 5. The van der Waals surface area contributed by atoms with Crippen molar-refractivity contribution in [3.8, 4) is 0 Å². The molecule has 0 spiro atoms. The number of carbonyl (C=O) groups excluding carboxylic acids is 1. The van der Waals surface area contributed by atoms with Crippen molar-refractivity contribution >= 4 is 6.03 Å². The highest BCUT2D eigenvalue weighted by Crippen LogP contribution is 1.97. The van der Waals surface area contributed by atoms with E-state index in [9.17, 15) is 4.79 Å². The van der Waals surface area contributed by atoms with E-state index in [0.717, 1.165) is 25.9 Å². The number of hydrogen-bond donors (Lipinski definition) is 0. The van der Waals surface area contributed by atoms with E-state index < -0.39 is 0 Å². The van der Waals surface area contributed by atoms with Gasteiger partial charge in [0.2, 0.25) is 0 Å². The first-order valence-corrected chi connectivity index (χ1v) is 4.70. The molecule has 0 aliphatic heterocycles. The number of allylic oxidation sites excluding steroid dienone is 1. The Labute approximate surface area is 81.0 Å². The van der Waals surface area contributed by atoms with Crippen LogP contribution in [0.15, 0.2) is 12.7 Å². The number of amides is 2. The van der Waals surface area contributed by atoms with E-state index in [1.165, 1.54) is 0 Å². The minimum absolute atomic E-state index is 0.0894. The molecule has 0 aliphatic rings. The van der Waals surface area contributed by atoms with Gasteiger partial charge in [-0.25, -0.2) is 4.79 Å². The van der Waals surface area contributed by atoms with Crippen LogP contribution in [-0.4, -0.2) is 43.0 Å². The molecule has 76 valence electrons. The Balaban J connectivity index is 3.75. The third-order valence-electron chi connectivity index (χ3n) is 2.03. The molecule has 0 aromatic carbocycles. The number of nitrogens with zero attached hydrogens (tertiary/aromatic N) is 2. The maximum absolute atomic E-state index is 11.5. The van der Waals surface area contributed by atoms with Gasteiger partial charge in [0, 0.05) is 27.2 Å². The Bertz CT molecular complexity index is 168. The first-order chi connectivity index (χ1) is 6.13. The monoisotopic (exact) mass is 184 g/mol. The van der Waals surface area contributed by atoms with Gasteiger partial charge in [-0.2, -0.15) is 0 Å². The zero-order valence-corrected chi connectivity index (χ0v) is 8.92. The van der Waals surface area contributed by atoms with Crippen LogP contribution in [0, 0.1) is 0 Å². The lowest BCUT2D eigenvalue weighted by molar-refractivity contribution is 0.175. The van der Waals surface area contributed by atoms with Gasteiger partial charge >= 0.3 is 6.03 Å². The van der Waals surface area contributed by atoms with Gasteiger partial charge in [0.25, 0.3) is 0 Å². The molecule has 0 rings (SSSR count). The fourth-order valence-corrected chi connectivity index (χ4v) is 0.995. The largest absolute Gasteiger partial charge is 0.328 e. The van der Waals surface area contributed by atoms with Gasteiger partial charge in [-0.1, -0.05) is 6.08 Å². The van der Waals surface area contributed by atoms with Crippen LogP contribution in [0.4, 0.5) is 4.79 Å². The molecule has 0 heterocycles. The Morgan fingerprint density at radius 2 is 2.00 bits per heavy atom. The van der Waals surface area contributed by atoms with Crippen molar-refractivity contribution in [3.05, 3.63) is 12.7 Å². The molecule has 0 radical (unpaired) electrons. The molecular formula is C10H20N2O. The van der Waals surface area contributed by atoms with Crippen LogP contribution in [0.25, 0.3) is 0 Å². The molecule has 0 saturated carbocycles. The SMILES string of the molecule is C=CCCCN(C)C(=O)N(C)CC. The Morgan fingerprint density at radius 1 is 1.38 bits per heavy atom. The molecule has 0 fully saturated rings. The zero-order valence-electron chi connectivity index (χ0n) is 8.92. The van der Waals surface area contributed by atoms with Gasteiger partial charge in [-0.15, -0.1) is 6.58 Å². The molecular weight excluding hydrogens is 164 g/mol. The average Bonchev–Trinajstić information content (AvgIpc) is 2.15. The molecule has 0 aromatic heterocycles. The summed E-state index contributed by atoms with van der Waals surface area (Å²) in [7, 11) is 3.64. The summed E-state index contributed by atoms with van der Waals surface area (Å²) in [5.74, 6) is 0. The second-order valence-corrected chi connectivity index (χ2v) is 3.15. The minimum Gasteiger partial charge on any atom is -0.328 e. The van der Waals surface area contributed by atoms with E-state index in [2.05, 4.69) is 6.58 Å². The van der Waals surface area contributed by atoms with Crippen molar-refractivity contribution < 1.29 is 4.79 Å². The van der Waals surface area contributed by atoms with E-state index in [4.69, 9.17) is 0 Å². The third-order valence-corrected chi connectivity index (χ3v) is 2.03. The number of carbonyl (C=O) groups is 1. The Morgan fingerprint density at radius 3 is 2.46 bits per heavy atom. The summed E-state index contributed by atoms with van der Waals surface area (Å²) in [6.07, 6.45) is 3.83. The van der Waals surface area contributed by atoms with E-state index in [1.807, 2.05) is 27.1 Å². The molecule has 0 unspecified atom stereocenters. The first-order valence-electron chi connectivity index (χ1n) is 4.70. The summed E-state index contributed by atoms with van der Waals surface area (Å²) in [4.78, 5) is 14.9. The highest BCUT2D eigenvalue weighted by molar-refractivity contribution is 5.73. The molecule has 3 heteroatoms. The van der Waals surface area contributed by atoms with Gasteiger partial charge in [0.15, 0.2) is 0 Å². The van der Waals surface area contributed by atoms with E-state index in [1.54, 1.807) is 9.80 Å². The lowest BCUT2D eigenvalue weighted by Gasteiger charge is -2.23. The maximum Gasteiger partial charge on any atom is 0.319 e. The molecule has 3 nitrogen and oxygen atoms in total. The van der Waals surface area contributed by atoms with Crippen LogP contribution in [0.1, 0.15) is 19.8 Å². The summed E-state index contributed by atoms with van der Waals surface area (Å²) in [6, 6.07) is 0.0894. The average molecular weight is 184 g/mol. The lowest BCUT2D eigenvalue weighted by atomic mass is 10.3. The predicted molar refractivity (Wildman–Crippen MR) is 55.8 cm³/mol. The van der Waals surface area contributed by atoms with Crippen molar-refractivity contribution in [2.75, 3.05) is 27.2 Å². The topological polar surface area (TPSA) is 23.6 Å². The Hall–Kier alpha value is -0.990. The molecule has 0 aliphatic carbocycles. The third kappa shape index (κ3) is 4.55. The van der Waals surface area contributed by atoms with Crippen LogP contribution in [0.5, 0.6) is 0 Å². The fourth-order valence-electron chi connectivity index (χ4n) is 0.995. The summed E-state index contributed by atoms with van der Waals surface area (Å²) in [6.45, 7) is 7.16. The van der Waals surface area contributed by atoms with Gasteiger partial charge < -0.3 is 9.80 Å². The summed E-state index contributed by atoms with van der Waals surface area (Å²) < 4.78 is 0. The van der Waals surface area contributed by atoms with Crippen LogP contribution in [0.2, 0.25) is 0 Å². The number of urea groups is 1. The molecule has 0 bridgehead atoms. The van der Waals surface area contributed by atoms with Crippen molar-refractivity contribution in [1.82, 2.24) is 9.80 Å². The van der Waals surface area contributed by atoms with Crippen LogP contribution in [0.3, 0.4) is 0 Å². The lowest BCUT2D eigenvalue weighted by Crippen LogP contribution is -2.38. The predicted octanol–water partition coefficient (Wildman–Crippen LogP) is 1.96. The van der Waals surface area contributed by atoms with Gasteiger partial charge in [-0.3, -0.25) is 0 Å². The molecule has 13 heavy (non-hydrogen) atoms. The van der Waals surface area contributed by atoms with Crippen LogP contribution < -0.4 is 0 Å². The van der Waals surface area contributed by atoms with Gasteiger partial charge in [-0.05, 0) is 19.8 Å². The van der Waals surface area contributed by atoms with Crippen molar-refractivity contribution in [2.45, 2.75) is 19.8 Å². The second kappa shape index (κ2) is 6.52.